The van der Waals surface area contributed by atoms with Gasteiger partial charge in [-0.05, 0) is 18.9 Å². The Hall–Kier alpha value is -1.94. The number of thiazole rings is 1. The van der Waals surface area contributed by atoms with Crippen molar-refractivity contribution in [2.45, 2.75) is 12.8 Å². The number of halogens is 1. The van der Waals surface area contributed by atoms with Crippen LogP contribution in [0.4, 0.5) is 5.13 Å². The maximum atomic E-state index is 12.6. The van der Waals surface area contributed by atoms with E-state index in [9.17, 15) is 9.59 Å². The van der Waals surface area contributed by atoms with Crippen LogP contribution in [0.5, 0.6) is 0 Å². The van der Waals surface area contributed by atoms with Gasteiger partial charge in [0.25, 0.3) is 5.91 Å². The second-order valence-electron chi connectivity index (χ2n) is 5.76. The fourth-order valence-corrected chi connectivity index (χ4v) is 3.38. The molecule has 0 aliphatic carbocycles. The number of hydrogen-bond acceptors (Lipinski definition) is 6. The van der Waals surface area contributed by atoms with Gasteiger partial charge in [-0.1, -0.05) is 0 Å². The van der Waals surface area contributed by atoms with Crippen LogP contribution in [0.3, 0.4) is 0 Å². The Balaban J connectivity index is 0.00000225. The maximum Gasteiger partial charge on any atom is 0.265 e. The van der Waals surface area contributed by atoms with Crippen LogP contribution in [-0.2, 0) is 9.53 Å². The van der Waals surface area contributed by atoms with Gasteiger partial charge in [0.2, 0.25) is 5.91 Å². The predicted octanol–water partition coefficient (Wildman–Crippen LogP) is 1.35. The number of nitrogens with two attached hydrogens (primary N) is 2. The van der Waals surface area contributed by atoms with E-state index in [4.69, 9.17) is 16.2 Å². The zero-order valence-corrected chi connectivity index (χ0v) is 15.0. The molecule has 0 saturated carbocycles. The molecule has 0 unspecified atom stereocenters. The van der Waals surface area contributed by atoms with E-state index in [1.54, 1.807) is 12.3 Å². The quantitative estimate of drug-likeness (QED) is 0.615. The Labute approximate surface area is 154 Å². The van der Waals surface area contributed by atoms with E-state index in [-0.39, 0.29) is 24.9 Å². The first-order valence-electron chi connectivity index (χ1n) is 7.57. The van der Waals surface area contributed by atoms with E-state index in [1.807, 2.05) is 5.38 Å². The highest BCUT2D eigenvalue weighted by Crippen LogP contribution is 2.32. The normalized spacial score (nSPS) is 16.0. The first-order chi connectivity index (χ1) is 11.5. The number of hydrogen-bond donors (Lipinski definition) is 4. The average Bonchev–Trinajstić information content (AvgIpc) is 3.24. The topological polar surface area (TPSA) is 136 Å². The standard InChI is InChI=1S/C15H19N5O3S.ClH/c16-8-15(1-3-23-4-2-15)13(22)20-14-19-11(7-24-14)9-5-10(12(17)21)18-6-9;/h5-7,18H,1-4,8,16H2,(H2,17,21)(H,19,20,22);1H. The van der Waals surface area contributed by atoms with Crippen molar-refractivity contribution in [2.24, 2.45) is 16.9 Å². The second kappa shape index (κ2) is 7.96. The average molecular weight is 386 g/mol. The lowest BCUT2D eigenvalue weighted by molar-refractivity contribution is -0.130. The minimum Gasteiger partial charge on any atom is -0.381 e. The summed E-state index contributed by atoms with van der Waals surface area (Å²) in [5.41, 5.74) is 12.2. The van der Waals surface area contributed by atoms with Gasteiger partial charge in [-0.15, -0.1) is 23.7 Å². The van der Waals surface area contributed by atoms with Crippen molar-refractivity contribution < 1.29 is 14.3 Å². The van der Waals surface area contributed by atoms with Gasteiger partial charge in [0.1, 0.15) is 5.69 Å². The number of rotatable bonds is 5. The van der Waals surface area contributed by atoms with Gasteiger partial charge in [-0.25, -0.2) is 4.98 Å². The Kier molecular flexibility index (Phi) is 6.17. The number of carbonyl (C=O) groups excluding carboxylic acids is 2. The monoisotopic (exact) mass is 385 g/mol. The molecule has 1 aliphatic rings. The molecule has 0 bridgehead atoms. The van der Waals surface area contributed by atoms with Crippen molar-refractivity contribution in [3.63, 3.8) is 0 Å². The Morgan fingerprint density at radius 3 is 2.72 bits per heavy atom. The summed E-state index contributed by atoms with van der Waals surface area (Å²) in [4.78, 5) is 30.9. The molecule has 0 radical (unpaired) electrons. The fourth-order valence-electron chi connectivity index (χ4n) is 2.66. The van der Waals surface area contributed by atoms with E-state index in [0.29, 0.717) is 42.6 Å². The van der Waals surface area contributed by atoms with Gasteiger partial charge in [0.05, 0.1) is 11.1 Å². The van der Waals surface area contributed by atoms with Crippen LogP contribution >= 0.6 is 23.7 Å². The molecule has 1 aliphatic heterocycles. The van der Waals surface area contributed by atoms with E-state index in [1.165, 1.54) is 11.3 Å². The lowest BCUT2D eigenvalue weighted by atomic mass is 9.79. The van der Waals surface area contributed by atoms with Gasteiger partial charge in [-0.2, -0.15) is 0 Å². The maximum absolute atomic E-state index is 12.6. The number of aromatic nitrogens is 2. The molecule has 3 rings (SSSR count). The molecule has 0 spiro atoms. The number of nitrogens with one attached hydrogen (secondary N) is 2. The van der Waals surface area contributed by atoms with Crippen LogP contribution in [0, 0.1) is 5.41 Å². The highest BCUT2D eigenvalue weighted by Gasteiger charge is 2.39. The Morgan fingerprint density at radius 2 is 2.12 bits per heavy atom. The largest absolute Gasteiger partial charge is 0.381 e. The number of amides is 2. The van der Waals surface area contributed by atoms with Gasteiger partial charge >= 0.3 is 0 Å². The van der Waals surface area contributed by atoms with Crippen molar-refractivity contribution >= 4 is 40.7 Å². The van der Waals surface area contributed by atoms with Crippen molar-refractivity contribution in [1.29, 1.82) is 0 Å². The summed E-state index contributed by atoms with van der Waals surface area (Å²) >= 11 is 1.32. The molecule has 2 amide bonds. The summed E-state index contributed by atoms with van der Waals surface area (Å²) in [6, 6.07) is 1.63. The minimum absolute atomic E-state index is 0. The summed E-state index contributed by atoms with van der Waals surface area (Å²) < 4.78 is 5.32. The van der Waals surface area contributed by atoms with Gasteiger partial charge in [0.15, 0.2) is 5.13 Å². The highest BCUT2D eigenvalue weighted by atomic mass is 35.5. The second-order valence-corrected chi connectivity index (χ2v) is 6.61. The third-order valence-corrected chi connectivity index (χ3v) is 5.05. The first kappa shape index (κ1) is 19.4. The number of primary amides is 1. The SMILES string of the molecule is Cl.NCC1(C(=O)Nc2nc(-c3c[nH]c(C(N)=O)c3)cs2)CCOCC1. The molecular formula is C15H20ClN5O3S. The zero-order chi connectivity index (χ0) is 17.2. The molecule has 136 valence electrons. The number of carbonyl (C=O) groups is 2. The summed E-state index contributed by atoms with van der Waals surface area (Å²) in [6.45, 7) is 1.35. The van der Waals surface area contributed by atoms with Crippen LogP contribution < -0.4 is 16.8 Å². The molecule has 25 heavy (non-hydrogen) atoms. The lowest BCUT2D eigenvalue weighted by Gasteiger charge is -2.34. The highest BCUT2D eigenvalue weighted by molar-refractivity contribution is 7.14. The molecule has 0 aromatic carbocycles. The zero-order valence-electron chi connectivity index (χ0n) is 13.4. The molecule has 0 atom stereocenters. The van der Waals surface area contributed by atoms with Gasteiger partial charge in [0, 0.05) is 36.9 Å². The van der Waals surface area contributed by atoms with Crippen LogP contribution in [0.15, 0.2) is 17.6 Å². The van der Waals surface area contributed by atoms with Crippen molar-refractivity contribution in [3.05, 3.63) is 23.3 Å². The van der Waals surface area contributed by atoms with E-state index in [2.05, 4.69) is 15.3 Å². The molecule has 1 fully saturated rings. The summed E-state index contributed by atoms with van der Waals surface area (Å²) in [5, 5.41) is 5.16. The Bertz CT molecular complexity index is 754. The number of ether oxygens (including phenoxy) is 1. The fraction of sp³-hybridized carbons (Fsp3) is 0.400. The lowest BCUT2D eigenvalue weighted by Crippen LogP contribution is -2.46. The predicted molar refractivity (Wildman–Crippen MR) is 97.8 cm³/mol. The molecule has 3 heterocycles. The number of aromatic amines is 1. The summed E-state index contributed by atoms with van der Waals surface area (Å²) in [7, 11) is 0. The summed E-state index contributed by atoms with van der Waals surface area (Å²) in [6.07, 6.45) is 2.86. The third-order valence-electron chi connectivity index (χ3n) is 4.29. The van der Waals surface area contributed by atoms with Gasteiger partial charge < -0.3 is 26.5 Å². The van der Waals surface area contributed by atoms with Crippen LogP contribution in [0.25, 0.3) is 11.3 Å². The van der Waals surface area contributed by atoms with Crippen LogP contribution in [0.2, 0.25) is 0 Å². The van der Waals surface area contributed by atoms with Crippen molar-refractivity contribution in [2.75, 3.05) is 25.1 Å². The number of anilines is 1. The molecule has 8 nitrogen and oxygen atoms in total. The van der Waals surface area contributed by atoms with Crippen molar-refractivity contribution in [3.8, 4) is 11.3 Å². The Morgan fingerprint density at radius 1 is 1.40 bits per heavy atom. The minimum atomic E-state index is -0.600. The molecule has 1 saturated heterocycles. The number of nitrogens with zero attached hydrogens (tertiary/aromatic N) is 1. The van der Waals surface area contributed by atoms with Gasteiger partial charge in [-0.3, -0.25) is 9.59 Å². The summed E-state index contributed by atoms with van der Waals surface area (Å²) in [5.74, 6) is -0.657. The van der Waals surface area contributed by atoms with Crippen LogP contribution in [0.1, 0.15) is 23.3 Å². The number of H-pyrrole nitrogens is 1. The van der Waals surface area contributed by atoms with E-state index >= 15 is 0 Å². The van der Waals surface area contributed by atoms with E-state index < -0.39 is 11.3 Å². The van der Waals surface area contributed by atoms with Crippen LogP contribution in [-0.4, -0.2) is 41.5 Å². The van der Waals surface area contributed by atoms with E-state index in [0.717, 1.165) is 5.56 Å². The molecular weight excluding hydrogens is 366 g/mol. The molecule has 2 aromatic heterocycles. The third kappa shape index (κ3) is 4.01. The molecule has 10 heteroatoms. The van der Waals surface area contributed by atoms with Crippen molar-refractivity contribution in [1.82, 2.24) is 9.97 Å². The molecule has 2 aromatic rings. The first-order valence-corrected chi connectivity index (χ1v) is 8.45. The molecule has 6 N–H and O–H groups in total. The smallest absolute Gasteiger partial charge is 0.265 e.